The number of carbonyl (C=O) groups excluding carboxylic acids is 1. The van der Waals surface area contributed by atoms with Gasteiger partial charge in [-0.05, 0) is 23.3 Å². The predicted molar refractivity (Wildman–Crippen MR) is 85.8 cm³/mol. The van der Waals surface area contributed by atoms with Crippen molar-refractivity contribution in [3.63, 3.8) is 0 Å². The fourth-order valence-electron chi connectivity index (χ4n) is 1.91. The minimum atomic E-state index is -0.492. The van der Waals surface area contributed by atoms with Gasteiger partial charge >= 0.3 is 0 Å². The minimum Gasteiger partial charge on any atom is -0.508 e. The van der Waals surface area contributed by atoms with E-state index >= 15 is 0 Å². The predicted octanol–water partition coefficient (Wildman–Crippen LogP) is 2.14. The lowest BCUT2D eigenvalue weighted by molar-refractivity contribution is -0.114. The lowest BCUT2D eigenvalue weighted by Gasteiger charge is -2.08. The maximum absolute atomic E-state index is 11.9. The van der Waals surface area contributed by atoms with Crippen molar-refractivity contribution >= 4 is 17.3 Å². The van der Waals surface area contributed by atoms with Gasteiger partial charge in [0.25, 0.3) is 5.91 Å². The van der Waals surface area contributed by atoms with Crippen molar-refractivity contribution in [3.05, 3.63) is 65.7 Å². The fraction of sp³-hybridized carbons (Fsp3) is 0.118. The van der Waals surface area contributed by atoms with Gasteiger partial charge < -0.3 is 15.8 Å². The second kappa shape index (κ2) is 7.17. The lowest BCUT2D eigenvalue weighted by Crippen LogP contribution is -2.35. The SMILES string of the molecule is N=C(Cc1ccc(O)cc1)C(=O)NCC(=N)c1ccccc1. The summed E-state index contributed by atoms with van der Waals surface area (Å²) in [5.74, 6) is -0.343. The first-order valence-corrected chi connectivity index (χ1v) is 6.82. The Bertz CT molecular complexity index is 679. The standard InChI is InChI=1S/C17H17N3O2/c18-15(10-12-6-8-14(21)9-7-12)17(22)20-11-16(19)13-4-2-1-3-5-13/h1-9,18-19,21H,10-11H2,(H,20,22). The molecule has 2 aromatic rings. The number of phenolic OH excluding ortho intramolecular Hbond substituents is 1. The number of phenols is 1. The summed E-state index contributed by atoms with van der Waals surface area (Å²) in [5.41, 5.74) is 1.74. The first-order chi connectivity index (χ1) is 10.6. The van der Waals surface area contributed by atoms with Crippen LogP contribution in [0.25, 0.3) is 0 Å². The average molecular weight is 295 g/mol. The molecule has 0 heterocycles. The van der Waals surface area contributed by atoms with E-state index in [1.54, 1.807) is 24.3 Å². The number of hydrogen-bond acceptors (Lipinski definition) is 4. The molecule has 0 saturated heterocycles. The Hall–Kier alpha value is -2.95. The Morgan fingerprint density at radius 2 is 1.64 bits per heavy atom. The number of hydrogen-bond donors (Lipinski definition) is 4. The van der Waals surface area contributed by atoms with Crippen LogP contribution in [0.1, 0.15) is 11.1 Å². The van der Waals surface area contributed by atoms with E-state index in [4.69, 9.17) is 10.8 Å². The summed E-state index contributed by atoms with van der Waals surface area (Å²) in [4.78, 5) is 11.9. The molecule has 0 unspecified atom stereocenters. The Morgan fingerprint density at radius 3 is 2.27 bits per heavy atom. The van der Waals surface area contributed by atoms with Crippen molar-refractivity contribution in [2.75, 3.05) is 6.54 Å². The number of nitrogens with one attached hydrogen (secondary N) is 3. The van der Waals surface area contributed by atoms with Crippen molar-refractivity contribution in [1.29, 1.82) is 10.8 Å². The van der Waals surface area contributed by atoms with Crippen molar-refractivity contribution in [3.8, 4) is 5.75 Å². The molecule has 5 nitrogen and oxygen atoms in total. The van der Waals surface area contributed by atoms with Crippen molar-refractivity contribution in [2.24, 2.45) is 0 Å². The molecule has 22 heavy (non-hydrogen) atoms. The summed E-state index contributed by atoms with van der Waals surface area (Å²) in [5, 5.41) is 27.5. The van der Waals surface area contributed by atoms with Crippen LogP contribution in [0.2, 0.25) is 0 Å². The van der Waals surface area contributed by atoms with Gasteiger partial charge in [0, 0.05) is 6.42 Å². The monoisotopic (exact) mass is 295 g/mol. The number of rotatable bonds is 6. The zero-order valence-electron chi connectivity index (χ0n) is 12.0. The van der Waals surface area contributed by atoms with Crippen molar-refractivity contribution < 1.29 is 9.90 Å². The molecule has 0 radical (unpaired) electrons. The van der Waals surface area contributed by atoms with Gasteiger partial charge in [-0.25, -0.2) is 0 Å². The quantitative estimate of drug-likeness (QED) is 0.614. The molecular formula is C17H17N3O2. The molecule has 0 aromatic heterocycles. The molecule has 2 aromatic carbocycles. The van der Waals surface area contributed by atoms with Gasteiger partial charge in [-0.3, -0.25) is 10.2 Å². The van der Waals surface area contributed by atoms with Crippen molar-refractivity contribution in [2.45, 2.75) is 6.42 Å². The summed E-state index contributed by atoms with van der Waals surface area (Å²) in [7, 11) is 0. The number of benzene rings is 2. The number of aromatic hydroxyl groups is 1. The Labute approximate surface area is 128 Å². The van der Waals surface area contributed by atoms with Gasteiger partial charge in [-0.2, -0.15) is 0 Å². The molecule has 112 valence electrons. The second-order valence-corrected chi connectivity index (χ2v) is 4.85. The van der Waals surface area contributed by atoms with E-state index in [1.807, 2.05) is 18.2 Å². The summed E-state index contributed by atoms with van der Waals surface area (Å²) in [6, 6.07) is 15.5. The molecule has 5 heteroatoms. The van der Waals surface area contributed by atoms with Crippen LogP contribution in [-0.2, 0) is 11.2 Å². The van der Waals surface area contributed by atoms with E-state index in [0.29, 0.717) is 5.71 Å². The average Bonchev–Trinajstić information content (AvgIpc) is 2.55. The van der Waals surface area contributed by atoms with E-state index in [-0.39, 0.29) is 24.4 Å². The molecule has 0 aliphatic carbocycles. The highest BCUT2D eigenvalue weighted by atomic mass is 16.3. The largest absolute Gasteiger partial charge is 0.508 e. The van der Waals surface area contributed by atoms with Crippen molar-refractivity contribution in [1.82, 2.24) is 5.32 Å². The van der Waals surface area contributed by atoms with Gasteiger partial charge in [0.1, 0.15) is 11.5 Å². The molecule has 0 fully saturated rings. The Morgan fingerprint density at radius 1 is 1.00 bits per heavy atom. The van der Waals surface area contributed by atoms with Crippen LogP contribution in [-0.4, -0.2) is 29.0 Å². The van der Waals surface area contributed by atoms with Crippen LogP contribution in [0.5, 0.6) is 5.75 Å². The molecule has 4 N–H and O–H groups in total. The molecule has 0 atom stereocenters. The zero-order valence-corrected chi connectivity index (χ0v) is 12.0. The lowest BCUT2D eigenvalue weighted by atomic mass is 10.1. The normalized spacial score (nSPS) is 10.0. The van der Waals surface area contributed by atoms with E-state index in [2.05, 4.69) is 5.32 Å². The molecule has 0 aliphatic rings. The van der Waals surface area contributed by atoms with Crippen LogP contribution >= 0.6 is 0 Å². The van der Waals surface area contributed by atoms with Gasteiger partial charge in [-0.1, -0.05) is 42.5 Å². The smallest absolute Gasteiger partial charge is 0.265 e. The Kier molecular flexibility index (Phi) is 5.03. The highest BCUT2D eigenvalue weighted by Gasteiger charge is 2.11. The van der Waals surface area contributed by atoms with E-state index in [9.17, 15) is 9.90 Å². The fourth-order valence-corrected chi connectivity index (χ4v) is 1.91. The van der Waals surface area contributed by atoms with Gasteiger partial charge in [0.05, 0.1) is 12.3 Å². The first kappa shape index (κ1) is 15.4. The van der Waals surface area contributed by atoms with Crippen LogP contribution in [0.15, 0.2) is 54.6 Å². The summed E-state index contributed by atoms with van der Waals surface area (Å²) in [6.45, 7) is 0.0841. The molecule has 2 rings (SSSR count). The summed E-state index contributed by atoms with van der Waals surface area (Å²) in [6.07, 6.45) is 0.185. The third-order valence-electron chi connectivity index (χ3n) is 3.14. The second-order valence-electron chi connectivity index (χ2n) is 4.85. The summed E-state index contributed by atoms with van der Waals surface area (Å²) < 4.78 is 0. The van der Waals surface area contributed by atoms with Gasteiger partial charge in [0.2, 0.25) is 0 Å². The van der Waals surface area contributed by atoms with Crippen LogP contribution < -0.4 is 5.32 Å². The maximum Gasteiger partial charge on any atom is 0.265 e. The molecule has 1 amide bonds. The number of amides is 1. The topological polar surface area (TPSA) is 97.0 Å². The highest BCUT2D eigenvalue weighted by Crippen LogP contribution is 2.10. The molecule has 0 spiro atoms. The van der Waals surface area contributed by atoms with E-state index in [1.165, 1.54) is 12.1 Å². The third kappa shape index (κ3) is 4.28. The summed E-state index contributed by atoms with van der Waals surface area (Å²) >= 11 is 0. The highest BCUT2D eigenvalue weighted by molar-refractivity contribution is 6.38. The minimum absolute atomic E-state index is 0.0773. The van der Waals surface area contributed by atoms with Gasteiger partial charge in [0.15, 0.2) is 0 Å². The Balaban J connectivity index is 1.85. The van der Waals surface area contributed by atoms with Crippen LogP contribution in [0, 0.1) is 10.8 Å². The number of carbonyl (C=O) groups is 1. The molecule has 0 bridgehead atoms. The maximum atomic E-state index is 11.9. The molecular weight excluding hydrogens is 278 g/mol. The van der Waals surface area contributed by atoms with Gasteiger partial charge in [-0.15, -0.1) is 0 Å². The zero-order chi connectivity index (χ0) is 15.9. The first-order valence-electron chi connectivity index (χ1n) is 6.82. The van der Waals surface area contributed by atoms with E-state index < -0.39 is 5.91 Å². The third-order valence-corrected chi connectivity index (χ3v) is 3.14. The molecule has 0 saturated carbocycles. The molecule has 0 aliphatic heterocycles. The van der Waals surface area contributed by atoms with E-state index in [0.717, 1.165) is 11.1 Å². The van der Waals surface area contributed by atoms with Crippen LogP contribution in [0.4, 0.5) is 0 Å². The van der Waals surface area contributed by atoms with Crippen LogP contribution in [0.3, 0.4) is 0 Å².